The van der Waals surface area contributed by atoms with Gasteiger partial charge < -0.3 is 9.80 Å². The van der Waals surface area contributed by atoms with Crippen LogP contribution in [-0.2, 0) is 11.3 Å². The molecule has 2 aliphatic heterocycles. The van der Waals surface area contributed by atoms with Crippen LogP contribution in [0.4, 0.5) is 0 Å². The molecule has 0 N–H and O–H groups in total. The normalized spacial score (nSPS) is 24.2. The zero-order valence-electron chi connectivity index (χ0n) is 16.2. The minimum absolute atomic E-state index is 0.365. The van der Waals surface area contributed by atoms with Crippen molar-refractivity contribution >= 4 is 17.5 Å². The number of likely N-dealkylation sites (N-methyl/N-ethyl adjacent to an activating group) is 1. The fourth-order valence-corrected chi connectivity index (χ4v) is 4.62. The number of halogens is 1. The van der Waals surface area contributed by atoms with E-state index in [4.69, 9.17) is 11.6 Å². The van der Waals surface area contributed by atoms with Gasteiger partial charge in [-0.3, -0.25) is 9.69 Å². The number of rotatable bonds is 7. The smallest absolute Gasteiger partial charge is 0.222 e. The third kappa shape index (κ3) is 4.79. The van der Waals surface area contributed by atoms with Crippen molar-refractivity contribution in [2.45, 2.75) is 45.7 Å². The number of fused-ring (bicyclic) bond motifs is 1. The maximum Gasteiger partial charge on any atom is 0.222 e. The van der Waals surface area contributed by atoms with Gasteiger partial charge in [0.05, 0.1) is 0 Å². The molecule has 1 aromatic carbocycles. The SMILES string of the molecule is CCN(CC)CCN1C(=O)CC[C@@H]2CN(Cc3ccc(Cl)cc3)CC[C@@H]21. The van der Waals surface area contributed by atoms with Crippen LogP contribution in [0.25, 0.3) is 0 Å². The van der Waals surface area contributed by atoms with Gasteiger partial charge in [0.15, 0.2) is 0 Å². The van der Waals surface area contributed by atoms with E-state index < -0.39 is 0 Å². The molecule has 2 aliphatic rings. The Morgan fingerprint density at radius 2 is 1.88 bits per heavy atom. The van der Waals surface area contributed by atoms with Crippen molar-refractivity contribution in [2.75, 3.05) is 39.3 Å². The van der Waals surface area contributed by atoms with Crippen LogP contribution in [0.1, 0.15) is 38.7 Å². The molecule has 1 amide bonds. The molecule has 0 aliphatic carbocycles. The molecule has 4 nitrogen and oxygen atoms in total. The molecule has 0 aromatic heterocycles. The van der Waals surface area contributed by atoms with Crippen molar-refractivity contribution in [3.63, 3.8) is 0 Å². The molecule has 2 fully saturated rings. The zero-order valence-corrected chi connectivity index (χ0v) is 16.9. The van der Waals surface area contributed by atoms with Gasteiger partial charge in [0.25, 0.3) is 0 Å². The zero-order chi connectivity index (χ0) is 18.5. The van der Waals surface area contributed by atoms with E-state index in [1.54, 1.807) is 0 Å². The summed E-state index contributed by atoms with van der Waals surface area (Å²) in [6, 6.07) is 8.62. The van der Waals surface area contributed by atoms with Crippen LogP contribution in [0.5, 0.6) is 0 Å². The van der Waals surface area contributed by atoms with E-state index in [-0.39, 0.29) is 0 Å². The van der Waals surface area contributed by atoms with E-state index in [0.717, 1.165) is 63.7 Å². The summed E-state index contributed by atoms with van der Waals surface area (Å²) in [7, 11) is 0. The number of carbonyl (C=O) groups is 1. The van der Waals surface area contributed by atoms with Crippen LogP contribution >= 0.6 is 11.6 Å². The highest BCUT2D eigenvalue weighted by molar-refractivity contribution is 6.30. The number of carbonyl (C=O) groups excluding carboxylic acids is 1. The quantitative estimate of drug-likeness (QED) is 0.727. The van der Waals surface area contributed by atoms with E-state index >= 15 is 0 Å². The molecule has 144 valence electrons. The van der Waals surface area contributed by atoms with Crippen molar-refractivity contribution in [3.8, 4) is 0 Å². The Kier molecular flexibility index (Phi) is 6.96. The first kappa shape index (κ1) is 19.7. The predicted molar refractivity (Wildman–Crippen MR) is 107 cm³/mol. The Balaban J connectivity index is 1.57. The van der Waals surface area contributed by atoms with Gasteiger partial charge in [-0.1, -0.05) is 37.6 Å². The van der Waals surface area contributed by atoms with Crippen LogP contribution in [0.15, 0.2) is 24.3 Å². The number of benzene rings is 1. The van der Waals surface area contributed by atoms with E-state index in [1.807, 2.05) is 12.1 Å². The molecule has 0 saturated carbocycles. The van der Waals surface area contributed by atoms with Crippen molar-refractivity contribution in [3.05, 3.63) is 34.9 Å². The minimum Gasteiger partial charge on any atom is -0.338 e. The van der Waals surface area contributed by atoms with Gasteiger partial charge in [0.1, 0.15) is 0 Å². The Hall–Kier alpha value is -1.10. The lowest BCUT2D eigenvalue weighted by Crippen LogP contribution is -2.57. The molecule has 26 heavy (non-hydrogen) atoms. The minimum atomic E-state index is 0.365. The first-order valence-corrected chi connectivity index (χ1v) is 10.5. The van der Waals surface area contributed by atoms with Gasteiger partial charge in [-0.15, -0.1) is 0 Å². The van der Waals surface area contributed by atoms with E-state index in [0.29, 0.717) is 24.3 Å². The summed E-state index contributed by atoms with van der Waals surface area (Å²) in [5.41, 5.74) is 1.32. The first-order valence-electron chi connectivity index (χ1n) is 10.1. The number of hydrogen-bond acceptors (Lipinski definition) is 3. The summed E-state index contributed by atoms with van der Waals surface area (Å²) in [4.78, 5) is 19.7. The van der Waals surface area contributed by atoms with Gasteiger partial charge in [0, 0.05) is 50.2 Å². The summed E-state index contributed by atoms with van der Waals surface area (Å²) in [5.74, 6) is 0.981. The number of likely N-dealkylation sites (tertiary alicyclic amines) is 2. The third-order valence-corrected chi connectivity index (χ3v) is 6.35. The van der Waals surface area contributed by atoms with E-state index in [2.05, 4.69) is 40.7 Å². The van der Waals surface area contributed by atoms with E-state index in [1.165, 1.54) is 5.56 Å². The summed E-state index contributed by atoms with van der Waals surface area (Å²) < 4.78 is 0. The summed E-state index contributed by atoms with van der Waals surface area (Å²) >= 11 is 5.99. The average Bonchev–Trinajstić information content (AvgIpc) is 2.66. The van der Waals surface area contributed by atoms with Gasteiger partial charge >= 0.3 is 0 Å². The Morgan fingerprint density at radius 3 is 2.58 bits per heavy atom. The lowest BCUT2D eigenvalue weighted by Gasteiger charge is -2.47. The molecule has 0 bridgehead atoms. The highest BCUT2D eigenvalue weighted by Gasteiger charge is 2.39. The van der Waals surface area contributed by atoms with Gasteiger partial charge in [-0.25, -0.2) is 0 Å². The molecule has 2 heterocycles. The largest absolute Gasteiger partial charge is 0.338 e. The second-order valence-electron chi connectivity index (χ2n) is 7.63. The summed E-state index contributed by atoms with van der Waals surface area (Å²) in [6.07, 6.45) is 2.86. The maximum atomic E-state index is 12.5. The second kappa shape index (κ2) is 9.20. The highest BCUT2D eigenvalue weighted by atomic mass is 35.5. The number of amides is 1. The Labute approximate surface area is 163 Å². The Bertz CT molecular complexity index is 587. The number of piperidine rings is 2. The van der Waals surface area contributed by atoms with Crippen molar-refractivity contribution < 1.29 is 4.79 Å². The molecule has 3 rings (SSSR count). The molecule has 1 aromatic rings. The standard InChI is InChI=1S/C21H32ClN3O/c1-3-23(4-2)13-14-25-20-11-12-24(16-18(20)7-10-21(25)26)15-17-5-8-19(22)9-6-17/h5-6,8-9,18,20H,3-4,7,10-16H2,1-2H3/t18-,20+/m1/s1. The first-order chi connectivity index (χ1) is 12.6. The molecule has 0 unspecified atom stereocenters. The van der Waals surface area contributed by atoms with Crippen LogP contribution in [0.3, 0.4) is 0 Å². The van der Waals surface area contributed by atoms with Crippen LogP contribution in [0, 0.1) is 5.92 Å². The maximum absolute atomic E-state index is 12.5. The second-order valence-corrected chi connectivity index (χ2v) is 8.07. The number of hydrogen-bond donors (Lipinski definition) is 0. The number of nitrogens with zero attached hydrogens (tertiary/aromatic N) is 3. The van der Waals surface area contributed by atoms with Gasteiger partial charge in [0.2, 0.25) is 5.91 Å². The molecule has 0 spiro atoms. The fraction of sp³-hybridized carbons (Fsp3) is 0.667. The monoisotopic (exact) mass is 377 g/mol. The Morgan fingerprint density at radius 1 is 1.15 bits per heavy atom. The third-order valence-electron chi connectivity index (χ3n) is 6.10. The lowest BCUT2D eigenvalue weighted by atomic mass is 9.83. The fourth-order valence-electron chi connectivity index (χ4n) is 4.50. The predicted octanol–water partition coefficient (Wildman–Crippen LogP) is 3.49. The molecule has 5 heteroatoms. The lowest BCUT2D eigenvalue weighted by molar-refractivity contribution is -0.141. The van der Waals surface area contributed by atoms with Crippen molar-refractivity contribution in [2.24, 2.45) is 5.92 Å². The average molecular weight is 378 g/mol. The topological polar surface area (TPSA) is 26.8 Å². The highest BCUT2D eigenvalue weighted by Crippen LogP contribution is 2.31. The van der Waals surface area contributed by atoms with Gasteiger partial charge in [-0.2, -0.15) is 0 Å². The van der Waals surface area contributed by atoms with Crippen molar-refractivity contribution in [1.82, 2.24) is 14.7 Å². The van der Waals surface area contributed by atoms with Gasteiger partial charge in [-0.05, 0) is 49.5 Å². The van der Waals surface area contributed by atoms with Crippen LogP contribution < -0.4 is 0 Å². The summed E-state index contributed by atoms with van der Waals surface area (Å²) in [5, 5.41) is 0.794. The molecule has 2 saturated heterocycles. The summed E-state index contributed by atoms with van der Waals surface area (Å²) in [6.45, 7) is 11.5. The molecule has 2 atom stereocenters. The van der Waals surface area contributed by atoms with Crippen LogP contribution in [-0.4, -0.2) is 65.9 Å². The molecule has 0 radical (unpaired) electrons. The molecular weight excluding hydrogens is 346 g/mol. The van der Waals surface area contributed by atoms with Crippen molar-refractivity contribution in [1.29, 1.82) is 0 Å². The van der Waals surface area contributed by atoms with Crippen LogP contribution in [0.2, 0.25) is 5.02 Å². The molecular formula is C21H32ClN3O. The van der Waals surface area contributed by atoms with E-state index in [9.17, 15) is 4.79 Å².